The summed E-state index contributed by atoms with van der Waals surface area (Å²) in [6, 6.07) is 16.0. The molecule has 132 valence electrons. The van der Waals surface area contributed by atoms with Crippen LogP contribution in [0.15, 0.2) is 53.4 Å². The van der Waals surface area contributed by atoms with E-state index in [1.54, 1.807) is 18.9 Å². The van der Waals surface area contributed by atoms with Crippen LogP contribution in [0.5, 0.6) is 5.75 Å². The minimum absolute atomic E-state index is 0.131. The van der Waals surface area contributed by atoms with Gasteiger partial charge in [0, 0.05) is 29.7 Å². The molecule has 1 N–H and O–H groups in total. The Labute approximate surface area is 153 Å². The summed E-state index contributed by atoms with van der Waals surface area (Å²) >= 11 is 1.62. The summed E-state index contributed by atoms with van der Waals surface area (Å²) in [5.41, 5.74) is 1.87. The average molecular weight is 356 g/mol. The molecule has 25 heavy (non-hydrogen) atoms. The molecule has 1 unspecified atom stereocenters. The monoisotopic (exact) mass is 356 g/mol. The molecule has 0 aromatic heterocycles. The van der Waals surface area contributed by atoms with Crippen LogP contribution in [0.2, 0.25) is 0 Å². The highest BCUT2D eigenvalue weighted by Crippen LogP contribution is 2.24. The molecule has 4 nitrogen and oxygen atoms in total. The minimum atomic E-state index is 0.131. The number of hydrogen-bond donors (Lipinski definition) is 1. The van der Waals surface area contributed by atoms with Crippen LogP contribution in [-0.2, 0) is 0 Å². The summed E-state index contributed by atoms with van der Waals surface area (Å²) < 4.78 is 5.20. The SMILES string of the molecule is COc1ccc(NC2CCCN(C(=O)c3ccccc3SC)C2)cc1. The van der Waals surface area contributed by atoms with Gasteiger partial charge in [-0.1, -0.05) is 12.1 Å². The van der Waals surface area contributed by atoms with Gasteiger partial charge in [-0.15, -0.1) is 11.8 Å². The number of anilines is 1. The molecule has 0 aliphatic carbocycles. The lowest BCUT2D eigenvalue weighted by Gasteiger charge is -2.34. The molecule has 3 rings (SSSR count). The van der Waals surface area contributed by atoms with Crippen molar-refractivity contribution in [1.29, 1.82) is 0 Å². The highest BCUT2D eigenvalue weighted by Gasteiger charge is 2.25. The van der Waals surface area contributed by atoms with Gasteiger partial charge in [0.1, 0.15) is 5.75 Å². The zero-order chi connectivity index (χ0) is 17.6. The van der Waals surface area contributed by atoms with Crippen LogP contribution in [0.25, 0.3) is 0 Å². The third kappa shape index (κ3) is 4.28. The number of nitrogens with zero attached hydrogens (tertiary/aromatic N) is 1. The van der Waals surface area contributed by atoms with Crippen molar-refractivity contribution in [2.24, 2.45) is 0 Å². The molecule has 0 saturated carbocycles. The molecule has 1 amide bonds. The Bertz CT molecular complexity index is 718. The van der Waals surface area contributed by atoms with Gasteiger partial charge in [-0.25, -0.2) is 0 Å². The van der Waals surface area contributed by atoms with Crippen molar-refractivity contribution in [3.63, 3.8) is 0 Å². The van der Waals surface area contributed by atoms with Gasteiger partial charge in [-0.3, -0.25) is 4.79 Å². The third-order valence-corrected chi connectivity index (χ3v) is 5.30. The number of thioether (sulfide) groups is 1. The fraction of sp³-hybridized carbons (Fsp3) is 0.350. The zero-order valence-corrected chi connectivity index (χ0v) is 15.5. The van der Waals surface area contributed by atoms with Gasteiger partial charge in [0.05, 0.1) is 12.7 Å². The molecular formula is C20H24N2O2S. The van der Waals surface area contributed by atoms with E-state index in [2.05, 4.69) is 5.32 Å². The normalized spacial score (nSPS) is 17.2. The highest BCUT2D eigenvalue weighted by molar-refractivity contribution is 7.98. The predicted molar refractivity (Wildman–Crippen MR) is 104 cm³/mol. The lowest BCUT2D eigenvalue weighted by Crippen LogP contribution is -2.45. The standard InChI is InChI=1S/C20H24N2O2S/c1-24-17-11-9-15(10-12-17)21-16-6-5-13-22(14-16)20(23)18-7-3-4-8-19(18)25-2/h3-4,7-12,16,21H,5-6,13-14H2,1-2H3. The Hall–Kier alpha value is -2.14. The second-order valence-corrected chi connectivity index (χ2v) is 7.01. The summed E-state index contributed by atoms with van der Waals surface area (Å²) in [5, 5.41) is 3.54. The second-order valence-electron chi connectivity index (χ2n) is 6.16. The predicted octanol–water partition coefficient (Wildman–Crippen LogP) is 4.13. The van der Waals surface area contributed by atoms with E-state index in [0.29, 0.717) is 0 Å². The summed E-state index contributed by atoms with van der Waals surface area (Å²) in [4.78, 5) is 15.9. The number of amides is 1. The Kier molecular flexibility index (Phi) is 5.87. The van der Waals surface area contributed by atoms with E-state index in [4.69, 9.17) is 4.74 Å². The summed E-state index contributed by atoms with van der Waals surface area (Å²) in [5.74, 6) is 0.978. The van der Waals surface area contributed by atoms with Crippen LogP contribution in [0.1, 0.15) is 23.2 Å². The van der Waals surface area contributed by atoms with E-state index in [1.807, 2.05) is 59.7 Å². The number of piperidine rings is 1. The first-order chi connectivity index (χ1) is 12.2. The number of hydrogen-bond acceptors (Lipinski definition) is 4. The molecule has 1 fully saturated rings. The van der Waals surface area contributed by atoms with E-state index >= 15 is 0 Å². The Balaban J connectivity index is 1.66. The van der Waals surface area contributed by atoms with E-state index in [1.165, 1.54) is 0 Å². The number of ether oxygens (including phenoxy) is 1. The topological polar surface area (TPSA) is 41.6 Å². The van der Waals surface area contributed by atoms with Crippen molar-refractivity contribution in [2.75, 3.05) is 31.8 Å². The number of carbonyl (C=O) groups excluding carboxylic acids is 1. The fourth-order valence-electron chi connectivity index (χ4n) is 3.19. The number of nitrogens with one attached hydrogen (secondary N) is 1. The molecule has 1 heterocycles. The lowest BCUT2D eigenvalue weighted by molar-refractivity contribution is 0.0711. The maximum Gasteiger partial charge on any atom is 0.255 e. The number of carbonyl (C=O) groups is 1. The molecule has 1 aliphatic rings. The number of rotatable bonds is 5. The molecule has 2 aromatic carbocycles. The van der Waals surface area contributed by atoms with Gasteiger partial charge < -0.3 is 15.0 Å². The van der Waals surface area contributed by atoms with Gasteiger partial charge in [0.25, 0.3) is 5.91 Å². The zero-order valence-electron chi connectivity index (χ0n) is 14.7. The second kappa shape index (κ2) is 8.30. The van der Waals surface area contributed by atoms with Crippen molar-refractivity contribution in [2.45, 2.75) is 23.8 Å². The number of methoxy groups -OCH3 is 1. The quantitative estimate of drug-likeness (QED) is 0.818. The molecule has 2 aromatic rings. The molecule has 1 saturated heterocycles. The summed E-state index contributed by atoms with van der Waals surface area (Å²) in [6.07, 6.45) is 4.09. The van der Waals surface area contributed by atoms with Crippen LogP contribution in [0.3, 0.4) is 0 Å². The first-order valence-corrected chi connectivity index (χ1v) is 9.76. The van der Waals surface area contributed by atoms with Crippen molar-refractivity contribution < 1.29 is 9.53 Å². The first-order valence-electron chi connectivity index (χ1n) is 8.54. The van der Waals surface area contributed by atoms with Gasteiger partial charge in [0.2, 0.25) is 0 Å². The largest absolute Gasteiger partial charge is 0.497 e. The maximum atomic E-state index is 12.9. The Morgan fingerprint density at radius 2 is 1.96 bits per heavy atom. The van der Waals surface area contributed by atoms with Crippen LogP contribution in [-0.4, -0.2) is 43.3 Å². The molecule has 0 spiro atoms. The minimum Gasteiger partial charge on any atom is -0.497 e. The van der Waals surface area contributed by atoms with Gasteiger partial charge >= 0.3 is 0 Å². The van der Waals surface area contributed by atoms with E-state index < -0.39 is 0 Å². The Morgan fingerprint density at radius 1 is 1.20 bits per heavy atom. The molecule has 0 radical (unpaired) electrons. The van der Waals surface area contributed by atoms with Crippen LogP contribution in [0.4, 0.5) is 5.69 Å². The summed E-state index contributed by atoms with van der Waals surface area (Å²) in [7, 11) is 1.67. The summed E-state index contributed by atoms with van der Waals surface area (Å²) in [6.45, 7) is 1.55. The van der Waals surface area contributed by atoms with Crippen LogP contribution in [0, 0.1) is 0 Å². The lowest BCUT2D eigenvalue weighted by atomic mass is 10.0. The molecule has 1 atom stereocenters. The number of likely N-dealkylation sites (tertiary alicyclic amines) is 1. The smallest absolute Gasteiger partial charge is 0.255 e. The van der Waals surface area contributed by atoms with Crippen molar-refractivity contribution in [3.05, 3.63) is 54.1 Å². The molecule has 0 bridgehead atoms. The highest BCUT2D eigenvalue weighted by atomic mass is 32.2. The third-order valence-electron chi connectivity index (χ3n) is 4.51. The Morgan fingerprint density at radius 3 is 2.68 bits per heavy atom. The van der Waals surface area contributed by atoms with Crippen LogP contribution >= 0.6 is 11.8 Å². The fourth-order valence-corrected chi connectivity index (χ4v) is 3.78. The first kappa shape index (κ1) is 17.7. The van der Waals surface area contributed by atoms with Crippen molar-refractivity contribution in [1.82, 2.24) is 4.90 Å². The molecule has 1 aliphatic heterocycles. The molecular weight excluding hydrogens is 332 g/mol. The van der Waals surface area contributed by atoms with Crippen LogP contribution < -0.4 is 10.1 Å². The maximum absolute atomic E-state index is 12.9. The van der Waals surface area contributed by atoms with E-state index in [-0.39, 0.29) is 11.9 Å². The van der Waals surface area contributed by atoms with E-state index in [0.717, 1.165) is 47.8 Å². The van der Waals surface area contributed by atoms with Crippen molar-refractivity contribution >= 4 is 23.4 Å². The number of benzene rings is 2. The van der Waals surface area contributed by atoms with Gasteiger partial charge in [-0.05, 0) is 55.5 Å². The van der Waals surface area contributed by atoms with E-state index in [9.17, 15) is 4.79 Å². The molecule has 5 heteroatoms. The van der Waals surface area contributed by atoms with Crippen molar-refractivity contribution in [3.8, 4) is 5.75 Å². The van der Waals surface area contributed by atoms with Gasteiger partial charge in [-0.2, -0.15) is 0 Å². The average Bonchev–Trinajstić information content (AvgIpc) is 2.68. The van der Waals surface area contributed by atoms with Gasteiger partial charge in [0.15, 0.2) is 0 Å².